The van der Waals surface area contributed by atoms with Gasteiger partial charge in [0.15, 0.2) is 0 Å². The van der Waals surface area contributed by atoms with E-state index in [0.717, 1.165) is 24.0 Å². The number of nitrogens with two attached hydrogens (primary N) is 1. The molecule has 1 saturated heterocycles. The lowest BCUT2D eigenvalue weighted by atomic mass is 9.88. The summed E-state index contributed by atoms with van der Waals surface area (Å²) in [6, 6.07) is 15.5. The molecule has 3 rings (SSSR count). The second-order valence-electron chi connectivity index (χ2n) is 7.54. The SMILES string of the molecule is CC(=N)/C(=C\N)c1cc(C(=O)N2CCC(c3ccc(C#N)cc3)CC2)ccc1C. The van der Waals surface area contributed by atoms with Gasteiger partial charge in [-0.05, 0) is 73.6 Å². The molecule has 29 heavy (non-hydrogen) atoms. The fraction of sp³-hybridized carbons (Fsp3) is 0.292. The smallest absolute Gasteiger partial charge is 0.253 e. The van der Waals surface area contributed by atoms with Crippen molar-refractivity contribution in [2.24, 2.45) is 5.73 Å². The fourth-order valence-electron chi connectivity index (χ4n) is 3.89. The molecule has 0 unspecified atom stereocenters. The normalized spacial score (nSPS) is 15.1. The number of rotatable bonds is 4. The first-order valence-corrected chi connectivity index (χ1v) is 9.82. The van der Waals surface area contributed by atoms with Crippen molar-refractivity contribution in [2.75, 3.05) is 13.1 Å². The highest BCUT2D eigenvalue weighted by atomic mass is 16.2. The zero-order valence-electron chi connectivity index (χ0n) is 16.9. The average molecular weight is 386 g/mol. The predicted molar refractivity (Wildman–Crippen MR) is 116 cm³/mol. The average Bonchev–Trinajstić information content (AvgIpc) is 2.75. The van der Waals surface area contributed by atoms with Gasteiger partial charge in [-0.3, -0.25) is 4.79 Å². The summed E-state index contributed by atoms with van der Waals surface area (Å²) in [5.74, 6) is 0.427. The topological polar surface area (TPSA) is 94.0 Å². The summed E-state index contributed by atoms with van der Waals surface area (Å²) >= 11 is 0. The summed E-state index contributed by atoms with van der Waals surface area (Å²) in [5, 5.41) is 16.9. The summed E-state index contributed by atoms with van der Waals surface area (Å²) in [4.78, 5) is 15.0. The number of piperidine rings is 1. The number of likely N-dealkylation sites (tertiary alicyclic amines) is 1. The summed E-state index contributed by atoms with van der Waals surface area (Å²) in [6.07, 6.45) is 3.25. The van der Waals surface area contributed by atoms with Crippen LogP contribution in [0.5, 0.6) is 0 Å². The van der Waals surface area contributed by atoms with E-state index in [1.807, 2.05) is 54.3 Å². The number of aryl methyl sites for hydroxylation is 1. The molecule has 1 fully saturated rings. The van der Waals surface area contributed by atoms with Crippen molar-refractivity contribution >= 4 is 17.2 Å². The predicted octanol–water partition coefficient (Wildman–Crippen LogP) is 4.23. The Bertz CT molecular complexity index is 991. The van der Waals surface area contributed by atoms with E-state index in [4.69, 9.17) is 16.4 Å². The first-order valence-electron chi connectivity index (χ1n) is 9.82. The van der Waals surface area contributed by atoms with Crippen LogP contribution >= 0.6 is 0 Å². The van der Waals surface area contributed by atoms with E-state index in [1.54, 1.807) is 6.92 Å². The number of nitrogens with one attached hydrogen (secondary N) is 1. The lowest BCUT2D eigenvalue weighted by Crippen LogP contribution is -2.38. The van der Waals surface area contributed by atoms with E-state index in [2.05, 4.69) is 6.07 Å². The third kappa shape index (κ3) is 4.38. The standard InChI is InChI=1S/C24H26N4O/c1-16-3-6-21(13-22(16)23(15-26)17(2)27)24(29)28-11-9-20(10-12-28)19-7-4-18(14-25)5-8-19/h3-8,13,15,20,27H,9-12,26H2,1-2H3/b23-15+,27-17?. The lowest BCUT2D eigenvalue weighted by Gasteiger charge is -2.32. The van der Waals surface area contributed by atoms with E-state index in [-0.39, 0.29) is 5.91 Å². The van der Waals surface area contributed by atoms with Crippen LogP contribution in [0.3, 0.4) is 0 Å². The van der Waals surface area contributed by atoms with Crippen LogP contribution in [0.15, 0.2) is 48.7 Å². The minimum atomic E-state index is 0.0172. The number of nitrogens with zero attached hydrogens (tertiary/aromatic N) is 2. The monoisotopic (exact) mass is 386 g/mol. The zero-order chi connectivity index (χ0) is 21.0. The molecule has 0 atom stereocenters. The molecule has 0 saturated carbocycles. The molecule has 0 aromatic heterocycles. The molecule has 2 aromatic rings. The van der Waals surface area contributed by atoms with Gasteiger partial charge in [-0.1, -0.05) is 18.2 Å². The molecular formula is C24H26N4O. The second kappa shape index (κ2) is 8.74. The molecule has 3 N–H and O–H groups in total. The van der Waals surface area contributed by atoms with Crippen LogP contribution in [-0.2, 0) is 0 Å². The molecule has 5 heteroatoms. The van der Waals surface area contributed by atoms with Crippen molar-refractivity contribution in [3.8, 4) is 6.07 Å². The van der Waals surface area contributed by atoms with Crippen molar-refractivity contribution < 1.29 is 4.79 Å². The van der Waals surface area contributed by atoms with Crippen molar-refractivity contribution in [3.05, 3.63) is 76.5 Å². The number of benzene rings is 2. The maximum absolute atomic E-state index is 13.1. The van der Waals surface area contributed by atoms with Crippen molar-refractivity contribution in [3.63, 3.8) is 0 Å². The first kappa shape index (κ1) is 20.3. The number of carbonyl (C=O) groups is 1. The van der Waals surface area contributed by atoms with Crippen LogP contribution in [0.1, 0.15) is 58.3 Å². The molecule has 148 valence electrons. The molecule has 1 amide bonds. The third-order valence-electron chi connectivity index (χ3n) is 5.64. The van der Waals surface area contributed by atoms with Crippen molar-refractivity contribution in [1.29, 1.82) is 10.7 Å². The Kier molecular flexibility index (Phi) is 6.13. The Hall–Kier alpha value is -3.39. The van der Waals surface area contributed by atoms with E-state index in [1.165, 1.54) is 11.8 Å². The van der Waals surface area contributed by atoms with Crippen molar-refractivity contribution in [2.45, 2.75) is 32.6 Å². The number of hydrogen-bond donors (Lipinski definition) is 2. The second-order valence-corrected chi connectivity index (χ2v) is 7.54. The highest BCUT2D eigenvalue weighted by Gasteiger charge is 2.25. The van der Waals surface area contributed by atoms with Crippen LogP contribution < -0.4 is 5.73 Å². The highest BCUT2D eigenvalue weighted by Crippen LogP contribution is 2.29. The largest absolute Gasteiger partial charge is 0.404 e. The highest BCUT2D eigenvalue weighted by molar-refractivity contribution is 6.21. The van der Waals surface area contributed by atoms with Gasteiger partial charge in [0, 0.05) is 36.1 Å². The Morgan fingerprint density at radius 3 is 2.41 bits per heavy atom. The van der Waals surface area contributed by atoms with Gasteiger partial charge in [-0.15, -0.1) is 0 Å². The van der Waals surface area contributed by atoms with Gasteiger partial charge in [-0.2, -0.15) is 5.26 Å². The molecule has 2 aromatic carbocycles. The molecule has 1 aliphatic rings. The van der Waals surface area contributed by atoms with Gasteiger partial charge in [0.05, 0.1) is 11.6 Å². The zero-order valence-corrected chi connectivity index (χ0v) is 16.9. The minimum absolute atomic E-state index is 0.0172. The lowest BCUT2D eigenvalue weighted by molar-refractivity contribution is 0.0713. The number of nitriles is 1. The summed E-state index contributed by atoms with van der Waals surface area (Å²) < 4.78 is 0. The molecule has 5 nitrogen and oxygen atoms in total. The van der Waals surface area contributed by atoms with Gasteiger partial charge in [-0.25, -0.2) is 0 Å². The molecule has 0 aliphatic carbocycles. The Labute approximate surface area is 172 Å². The van der Waals surface area contributed by atoms with Crippen LogP contribution in [0, 0.1) is 23.7 Å². The Morgan fingerprint density at radius 2 is 1.86 bits per heavy atom. The van der Waals surface area contributed by atoms with E-state index >= 15 is 0 Å². The minimum Gasteiger partial charge on any atom is -0.404 e. The third-order valence-corrected chi connectivity index (χ3v) is 5.64. The fourth-order valence-corrected chi connectivity index (χ4v) is 3.89. The van der Waals surface area contributed by atoms with Gasteiger partial charge in [0.1, 0.15) is 0 Å². The summed E-state index contributed by atoms with van der Waals surface area (Å²) in [6.45, 7) is 5.06. The summed E-state index contributed by atoms with van der Waals surface area (Å²) in [7, 11) is 0. The number of allylic oxidation sites excluding steroid dienone is 1. The summed E-state index contributed by atoms with van der Waals surface area (Å²) in [5.41, 5.74) is 11.1. The van der Waals surface area contributed by atoms with Gasteiger partial charge in [0.25, 0.3) is 5.91 Å². The van der Waals surface area contributed by atoms with Crippen LogP contribution in [0.25, 0.3) is 5.57 Å². The molecule has 0 spiro atoms. The van der Waals surface area contributed by atoms with Crippen LogP contribution in [0.2, 0.25) is 0 Å². The quantitative estimate of drug-likeness (QED) is 0.770. The number of amides is 1. The van der Waals surface area contributed by atoms with Gasteiger partial charge < -0.3 is 16.0 Å². The van der Waals surface area contributed by atoms with E-state index in [9.17, 15) is 4.79 Å². The molecule has 1 aliphatic heterocycles. The molecule has 0 radical (unpaired) electrons. The van der Waals surface area contributed by atoms with E-state index in [0.29, 0.717) is 41.4 Å². The van der Waals surface area contributed by atoms with Gasteiger partial charge >= 0.3 is 0 Å². The number of carbonyl (C=O) groups excluding carboxylic acids is 1. The Morgan fingerprint density at radius 1 is 1.21 bits per heavy atom. The molecular weight excluding hydrogens is 360 g/mol. The maximum atomic E-state index is 13.1. The molecule has 0 bridgehead atoms. The van der Waals surface area contributed by atoms with Crippen LogP contribution in [-0.4, -0.2) is 29.6 Å². The van der Waals surface area contributed by atoms with Gasteiger partial charge in [0.2, 0.25) is 0 Å². The van der Waals surface area contributed by atoms with Crippen molar-refractivity contribution in [1.82, 2.24) is 4.90 Å². The van der Waals surface area contributed by atoms with Crippen LogP contribution in [0.4, 0.5) is 0 Å². The molecule has 1 heterocycles. The van der Waals surface area contributed by atoms with E-state index < -0.39 is 0 Å². The maximum Gasteiger partial charge on any atom is 0.253 e. The first-order chi connectivity index (χ1) is 13.9. The Balaban J connectivity index is 1.72. The number of hydrogen-bond acceptors (Lipinski definition) is 4.